The van der Waals surface area contributed by atoms with Crippen molar-refractivity contribution in [3.63, 3.8) is 0 Å². The van der Waals surface area contributed by atoms with Crippen molar-refractivity contribution in [2.75, 3.05) is 12.8 Å². The van der Waals surface area contributed by atoms with Crippen molar-refractivity contribution >= 4 is 15.9 Å². The van der Waals surface area contributed by atoms with Crippen LogP contribution in [-0.2, 0) is 21.2 Å². The molecular formula is C14H20N2O3S. The summed E-state index contributed by atoms with van der Waals surface area (Å²) in [5.74, 6) is -0.122. The van der Waals surface area contributed by atoms with Gasteiger partial charge in [0.15, 0.2) is 0 Å². The standard InChI is InChI=1S/C14H20N2O3S/c1-20(18,19)15-10-9-14(17)16-13-8-4-6-11-5-2-3-7-12(11)13/h2-3,5,7,13,15H,4,6,8-10H2,1H3,(H,16,17)/t13-/m1/s1. The number of aryl methyl sites for hydroxylation is 1. The smallest absolute Gasteiger partial charge is 0.221 e. The molecule has 20 heavy (non-hydrogen) atoms. The zero-order valence-electron chi connectivity index (χ0n) is 11.6. The summed E-state index contributed by atoms with van der Waals surface area (Å²) in [5.41, 5.74) is 2.47. The Bertz CT molecular complexity index is 584. The molecule has 0 spiro atoms. The predicted octanol–water partition coefficient (Wildman–Crippen LogP) is 1.12. The minimum Gasteiger partial charge on any atom is -0.349 e. The number of amides is 1. The summed E-state index contributed by atoms with van der Waals surface area (Å²) in [5, 5.41) is 2.99. The van der Waals surface area contributed by atoms with Crippen LogP contribution < -0.4 is 10.0 Å². The van der Waals surface area contributed by atoms with E-state index in [0.29, 0.717) is 0 Å². The van der Waals surface area contributed by atoms with Crippen LogP contribution in [0.2, 0.25) is 0 Å². The molecule has 1 amide bonds. The fourth-order valence-electron chi connectivity index (χ4n) is 2.52. The van der Waals surface area contributed by atoms with Gasteiger partial charge in [0, 0.05) is 13.0 Å². The second-order valence-corrected chi connectivity index (χ2v) is 6.96. The summed E-state index contributed by atoms with van der Waals surface area (Å²) < 4.78 is 24.2. The van der Waals surface area contributed by atoms with Gasteiger partial charge in [0.1, 0.15) is 0 Å². The van der Waals surface area contributed by atoms with Gasteiger partial charge in [-0.25, -0.2) is 13.1 Å². The van der Waals surface area contributed by atoms with Crippen LogP contribution in [-0.4, -0.2) is 27.1 Å². The Morgan fingerprint density at radius 2 is 2.10 bits per heavy atom. The van der Waals surface area contributed by atoms with Gasteiger partial charge < -0.3 is 5.32 Å². The number of benzene rings is 1. The summed E-state index contributed by atoms with van der Waals surface area (Å²) in [7, 11) is -3.23. The van der Waals surface area contributed by atoms with Crippen molar-refractivity contribution < 1.29 is 13.2 Å². The van der Waals surface area contributed by atoms with E-state index in [4.69, 9.17) is 0 Å². The normalized spacial score (nSPS) is 18.4. The summed E-state index contributed by atoms with van der Waals surface area (Å²) >= 11 is 0. The Morgan fingerprint density at radius 3 is 2.85 bits per heavy atom. The lowest BCUT2D eigenvalue weighted by Crippen LogP contribution is -2.34. The summed E-state index contributed by atoms with van der Waals surface area (Å²) in [6.45, 7) is 0.138. The van der Waals surface area contributed by atoms with Gasteiger partial charge in [-0.1, -0.05) is 24.3 Å². The summed E-state index contributed by atoms with van der Waals surface area (Å²) in [6.07, 6.45) is 4.29. The molecule has 1 aromatic carbocycles. The van der Waals surface area contributed by atoms with Gasteiger partial charge in [0.05, 0.1) is 12.3 Å². The Kier molecular flexibility index (Phi) is 4.77. The molecular weight excluding hydrogens is 276 g/mol. The first-order chi connectivity index (χ1) is 9.46. The van der Waals surface area contributed by atoms with Gasteiger partial charge in [-0.15, -0.1) is 0 Å². The summed E-state index contributed by atoms with van der Waals surface area (Å²) in [6, 6.07) is 8.19. The highest BCUT2D eigenvalue weighted by molar-refractivity contribution is 7.88. The molecule has 1 aromatic rings. The Labute approximate surface area is 119 Å². The SMILES string of the molecule is CS(=O)(=O)NCCC(=O)N[C@@H]1CCCc2ccccc21. The lowest BCUT2D eigenvalue weighted by Gasteiger charge is -2.26. The predicted molar refractivity (Wildman–Crippen MR) is 77.7 cm³/mol. The lowest BCUT2D eigenvalue weighted by atomic mass is 9.88. The molecule has 2 rings (SSSR count). The third-order valence-electron chi connectivity index (χ3n) is 3.42. The van der Waals surface area contributed by atoms with E-state index in [-0.39, 0.29) is 24.9 Å². The van der Waals surface area contributed by atoms with Crippen molar-refractivity contribution in [1.29, 1.82) is 0 Å². The first-order valence-corrected chi connectivity index (χ1v) is 8.66. The highest BCUT2D eigenvalue weighted by Crippen LogP contribution is 2.29. The lowest BCUT2D eigenvalue weighted by molar-refractivity contribution is -0.121. The van der Waals surface area contributed by atoms with Crippen LogP contribution in [0, 0.1) is 0 Å². The topological polar surface area (TPSA) is 75.3 Å². The van der Waals surface area contributed by atoms with E-state index in [0.717, 1.165) is 25.5 Å². The molecule has 0 aromatic heterocycles. The quantitative estimate of drug-likeness (QED) is 0.855. The molecule has 0 aliphatic heterocycles. The van der Waals surface area contributed by atoms with Crippen LogP contribution in [0.15, 0.2) is 24.3 Å². The first kappa shape index (κ1) is 15.0. The van der Waals surface area contributed by atoms with E-state index in [9.17, 15) is 13.2 Å². The van der Waals surface area contributed by atoms with Crippen molar-refractivity contribution in [2.45, 2.75) is 31.7 Å². The van der Waals surface area contributed by atoms with Crippen molar-refractivity contribution in [3.8, 4) is 0 Å². The van der Waals surface area contributed by atoms with Crippen molar-refractivity contribution in [3.05, 3.63) is 35.4 Å². The minimum absolute atomic E-state index is 0.0469. The Morgan fingerprint density at radius 1 is 1.35 bits per heavy atom. The van der Waals surface area contributed by atoms with Crippen LogP contribution in [0.25, 0.3) is 0 Å². The van der Waals surface area contributed by atoms with Gasteiger partial charge in [0.2, 0.25) is 15.9 Å². The van der Waals surface area contributed by atoms with E-state index < -0.39 is 10.0 Å². The molecule has 0 heterocycles. The molecule has 1 aliphatic rings. The maximum atomic E-state index is 11.9. The van der Waals surface area contributed by atoms with E-state index >= 15 is 0 Å². The number of hydrogen-bond acceptors (Lipinski definition) is 3. The number of hydrogen-bond donors (Lipinski definition) is 2. The number of rotatable bonds is 5. The third-order valence-corrected chi connectivity index (χ3v) is 4.15. The maximum Gasteiger partial charge on any atom is 0.221 e. The fraction of sp³-hybridized carbons (Fsp3) is 0.500. The molecule has 0 saturated carbocycles. The van der Waals surface area contributed by atoms with Gasteiger partial charge in [-0.2, -0.15) is 0 Å². The Balaban J connectivity index is 1.89. The van der Waals surface area contributed by atoms with Gasteiger partial charge in [-0.3, -0.25) is 4.79 Å². The van der Waals surface area contributed by atoms with Gasteiger partial charge in [0.25, 0.3) is 0 Å². The number of carbonyl (C=O) groups excluding carboxylic acids is 1. The van der Waals surface area contributed by atoms with Crippen LogP contribution >= 0.6 is 0 Å². The molecule has 1 atom stereocenters. The van der Waals surface area contributed by atoms with Gasteiger partial charge >= 0.3 is 0 Å². The maximum absolute atomic E-state index is 11.9. The van der Waals surface area contributed by atoms with Crippen molar-refractivity contribution in [2.24, 2.45) is 0 Å². The molecule has 0 fully saturated rings. The third kappa shape index (κ3) is 4.31. The highest BCUT2D eigenvalue weighted by atomic mass is 32.2. The molecule has 0 saturated heterocycles. The average molecular weight is 296 g/mol. The van der Waals surface area contributed by atoms with Crippen LogP contribution in [0.5, 0.6) is 0 Å². The van der Waals surface area contributed by atoms with Crippen LogP contribution in [0.1, 0.15) is 36.4 Å². The molecule has 5 nitrogen and oxygen atoms in total. The summed E-state index contributed by atoms with van der Waals surface area (Å²) in [4.78, 5) is 11.9. The molecule has 2 N–H and O–H groups in total. The highest BCUT2D eigenvalue weighted by Gasteiger charge is 2.21. The first-order valence-electron chi connectivity index (χ1n) is 6.77. The number of nitrogens with one attached hydrogen (secondary N) is 2. The second-order valence-electron chi connectivity index (χ2n) is 5.13. The van der Waals surface area contributed by atoms with Crippen LogP contribution in [0.4, 0.5) is 0 Å². The number of carbonyl (C=O) groups is 1. The largest absolute Gasteiger partial charge is 0.349 e. The monoisotopic (exact) mass is 296 g/mol. The van der Waals surface area contributed by atoms with E-state index in [1.807, 2.05) is 18.2 Å². The van der Waals surface area contributed by atoms with Crippen molar-refractivity contribution in [1.82, 2.24) is 10.0 Å². The zero-order chi connectivity index (χ0) is 14.6. The molecule has 0 bridgehead atoms. The minimum atomic E-state index is -3.23. The molecule has 1 aliphatic carbocycles. The zero-order valence-corrected chi connectivity index (χ0v) is 12.4. The number of fused-ring (bicyclic) bond motifs is 1. The van der Waals surface area contributed by atoms with Gasteiger partial charge in [-0.05, 0) is 30.4 Å². The molecule has 6 heteroatoms. The number of sulfonamides is 1. The molecule has 110 valence electrons. The van der Waals surface area contributed by atoms with E-state index in [1.54, 1.807) is 0 Å². The molecule has 0 unspecified atom stereocenters. The molecule has 0 radical (unpaired) electrons. The van der Waals surface area contributed by atoms with E-state index in [1.165, 1.54) is 11.1 Å². The average Bonchev–Trinajstić information content (AvgIpc) is 2.37. The van der Waals surface area contributed by atoms with Crippen LogP contribution in [0.3, 0.4) is 0 Å². The van der Waals surface area contributed by atoms with E-state index in [2.05, 4.69) is 16.1 Å². The second kappa shape index (κ2) is 6.37. The Hall–Kier alpha value is -1.40. The fourth-order valence-corrected chi connectivity index (χ4v) is 2.99.